The van der Waals surface area contributed by atoms with Gasteiger partial charge in [0.05, 0.1) is 19.8 Å². The van der Waals surface area contributed by atoms with E-state index < -0.39 is 7.14 Å². The molecule has 25 heavy (non-hydrogen) atoms. The zero-order valence-corrected chi connectivity index (χ0v) is 15.5. The Kier molecular flexibility index (Phi) is 4.96. The fraction of sp³-hybridized carbons (Fsp3) is 0.143. The van der Waals surface area contributed by atoms with Crippen LogP contribution in [0.15, 0.2) is 72.8 Å². The van der Waals surface area contributed by atoms with Gasteiger partial charge in [0.15, 0.2) is 0 Å². The third kappa shape index (κ3) is 3.20. The van der Waals surface area contributed by atoms with Crippen molar-refractivity contribution >= 4 is 17.8 Å². The molecular formula is C21H21O3P. The van der Waals surface area contributed by atoms with Gasteiger partial charge in [-0.05, 0) is 18.8 Å². The minimum absolute atomic E-state index is 0.694. The maximum atomic E-state index is 13.7. The van der Waals surface area contributed by atoms with Gasteiger partial charge in [-0.2, -0.15) is 0 Å². The largest absolute Gasteiger partial charge is 0.496 e. The summed E-state index contributed by atoms with van der Waals surface area (Å²) in [4.78, 5) is 0. The summed E-state index contributed by atoms with van der Waals surface area (Å²) in [5.74, 6) is 1.39. The second-order valence-corrected chi connectivity index (χ2v) is 8.66. The van der Waals surface area contributed by atoms with E-state index in [2.05, 4.69) is 0 Å². The number of rotatable bonds is 5. The average Bonchev–Trinajstić information content (AvgIpc) is 2.68. The van der Waals surface area contributed by atoms with Crippen LogP contribution in [0.25, 0.3) is 11.1 Å². The molecule has 4 heteroatoms. The Bertz CT molecular complexity index is 897. The van der Waals surface area contributed by atoms with Crippen molar-refractivity contribution in [2.75, 3.05) is 20.9 Å². The van der Waals surface area contributed by atoms with Gasteiger partial charge in [0.25, 0.3) is 0 Å². The predicted molar refractivity (Wildman–Crippen MR) is 104 cm³/mol. The van der Waals surface area contributed by atoms with Gasteiger partial charge in [-0.25, -0.2) is 0 Å². The van der Waals surface area contributed by atoms with Crippen LogP contribution in [0.1, 0.15) is 0 Å². The molecule has 0 aliphatic heterocycles. The highest BCUT2D eigenvalue weighted by Crippen LogP contribution is 2.46. The molecule has 3 rings (SSSR count). The molecule has 0 saturated carbocycles. The van der Waals surface area contributed by atoms with E-state index in [1.165, 1.54) is 0 Å². The Morgan fingerprint density at radius 2 is 1.28 bits per heavy atom. The van der Waals surface area contributed by atoms with E-state index in [9.17, 15) is 4.57 Å². The monoisotopic (exact) mass is 352 g/mol. The summed E-state index contributed by atoms with van der Waals surface area (Å²) in [7, 11) is 0.485. The van der Waals surface area contributed by atoms with Crippen molar-refractivity contribution in [1.29, 1.82) is 0 Å². The number of hydrogen-bond acceptors (Lipinski definition) is 3. The van der Waals surface area contributed by atoms with Crippen LogP contribution in [0.2, 0.25) is 0 Å². The van der Waals surface area contributed by atoms with Crippen molar-refractivity contribution in [1.82, 2.24) is 0 Å². The number of benzene rings is 3. The molecule has 0 aliphatic carbocycles. The standard InChI is InChI=1S/C21H21O3P/c1-23-18-13-9-14-19(24-2)21(18)17-12-7-8-15-20(17)25(3,22)16-10-5-4-6-11-16/h4-15H,1-3H3. The molecule has 0 saturated heterocycles. The van der Waals surface area contributed by atoms with Gasteiger partial charge in [-0.15, -0.1) is 0 Å². The molecule has 3 nitrogen and oxygen atoms in total. The van der Waals surface area contributed by atoms with Crippen LogP contribution in [0.4, 0.5) is 0 Å². The SMILES string of the molecule is COc1cccc(OC)c1-c1ccccc1P(C)(=O)c1ccccc1. The quantitative estimate of drug-likeness (QED) is 0.642. The smallest absolute Gasteiger partial charge is 0.140 e. The molecule has 3 aromatic carbocycles. The molecular weight excluding hydrogens is 331 g/mol. The fourth-order valence-corrected chi connectivity index (χ4v) is 5.06. The summed E-state index contributed by atoms with van der Waals surface area (Å²) >= 11 is 0. The Balaban J connectivity index is 2.28. The van der Waals surface area contributed by atoms with Gasteiger partial charge >= 0.3 is 0 Å². The van der Waals surface area contributed by atoms with Gasteiger partial charge in [0.1, 0.15) is 18.6 Å². The molecule has 0 amide bonds. The summed E-state index contributed by atoms with van der Waals surface area (Å²) in [6, 6.07) is 23.0. The van der Waals surface area contributed by atoms with Crippen molar-refractivity contribution in [3.8, 4) is 22.6 Å². The maximum absolute atomic E-state index is 13.7. The first-order chi connectivity index (χ1) is 12.1. The second kappa shape index (κ2) is 7.16. The first-order valence-electron chi connectivity index (χ1n) is 8.03. The number of hydrogen-bond donors (Lipinski definition) is 0. The lowest BCUT2D eigenvalue weighted by Gasteiger charge is -2.20. The molecule has 1 atom stereocenters. The number of ether oxygens (including phenoxy) is 2. The normalized spacial score (nSPS) is 13.1. The highest BCUT2D eigenvalue weighted by molar-refractivity contribution is 7.78. The molecule has 0 aromatic heterocycles. The highest BCUT2D eigenvalue weighted by Gasteiger charge is 2.26. The Hall–Kier alpha value is -2.51. The minimum Gasteiger partial charge on any atom is -0.496 e. The topological polar surface area (TPSA) is 35.5 Å². The molecule has 0 bridgehead atoms. The third-order valence-electron chi connectivity index (χ3n) is 4.31. The number of methoxy groups -OCH3 is 2. The molecule has 0 fully saturated rings. The molecule has 0 spiro atoms. The average molecular weight is 352 g/mol. The van der Waals surface area contributed by atoms with E-state index >= 15 is 0 Å². The van der Waals surface area contributed by atoms with E-state index in [0.717, 1.165) is 21.7 Å². The van der Waals surface area contributed by atoms with Crippen molar-refractivity contribution < 1.29 is 14.0 Å². The second-order valence-electron chi connectivity index (χ2n) is 5.81. The summed E-state index contributed by atoms with van der Waals surface area (Å²) in [6.07, 6.45) is 0. The molecule has 0 radical (unpaired) electrons. The lowest BCUT2D eigenvalue weighted by Crippen LogP contribution is -2.17. The Morgan fingerprint density at radius 3 is 1.88 bits per heavy atom. The van der Waals surface area contributed by atoms with Gasteiger partial charge in [0, 0.05) is 16.2 Å². The van der Waals surface area contributed by atoms with Crippen LogP contribution in [0, 0.1) is 0 Å². The van der Waals surface area contributed by atoms with Gasteiger partial charge in [0.2, 0.25) is 0 Å². The van der Waals surface area contributed by atoms with Crippen LogP contribution in [0.3, 0.4) is 0 Å². The van der Waals surface area contributed by atoms with Gasteiger partial charge in [-0.1, -0.05) is 60.7 Å². The summed E-state index contributed by atoms with van der Waals surface area (Å²) in [5.41, 5.74) is 1.69. The van der Waals surface area contributed by atoms with Gasteiger partial charge in [-0.3, -0.25) is 0 Å². The first kappa shape index (κ1) is 17.3. The van der Waals surface area contributed by atoms with Crippen molar-refractivity contribution in [3.63, 3.8) is 0 Å². The molecule has 128 valence electrons. The van der Waals surface area contributed by atoms with Gasteiger partial charge < -0.3 is 14.0 Å². The van der Waals surface area contributed by atoms with Crippen LogP contribution in [0.5, 0.6) is 11.5 Å². The lowest BCUT2D eigenvalue weighted by atomic mass is 10.0. The fourth-order valence-electron chi connectivity index (χ4n) is 3.03. The van der Waals surface area contributed by atoms with Crippen LogP contribution in [-0.2, 0) is 4.57 Å². The Morgan fingerprint density at radius 1 is 0.720 bits per heavy atom. The maximum Gasteiger partial charge on any atom is 0.140 e. The summed E-state index contributed by atoms with van der Waals surface area (Å²) in [6.45, 7) is 1.81. The van der Waals surface area contributed by atoms with Crippen molar-refractivity contribution in [3.05, 3.63) is 72.8 Å². The lowest BCUT2D eigenvalue weighted by molar-refractivity contribution is 0.397. The van der Waals surface area contributed by atoms with Crippen molar-refractivity contribution in [2.45, 2.75) is 0 Å². The predicted octanol–water partition coefficient (Wildman–Crippen LogP) is 4.31. The van der Waals surface area contributed by atoms with E-state index in [1.807, 2.05) is 79.5 Å². The molecule has 1 unspecified atom stereocenters. The zero-order valence-electron chi connectivity index (χ0n) is 14.6. The zero-order chi connectivity index (χ0) is 17.9. The third-order valence-corrected chi connectivity index (χ3v) is 6.90. The highest BCUT2D eigenvalue weighted by atomic mass is 31.2. The molecule has 3 aromatic rings. The summed E-state index contributed by atoms with van der Waals surface area (Å²) < 4.78 is 24.8. The van der Waals surface area contributed by atoms with E-state index in [0.29, 0.717) is 11.5 Å². The Labute approximate surface area is 148 Å². The van der Waals surface area contributed by atoms with E-state index in [4.69, 9.17) is 9.47 Å². The first-order valence-corrected chi connectivity index (χ1v) is 10.2. The molecule has 0 aliphatic rings. The van der Waals surface area contributed by atoms with Crippen LogP contribution < -0.4 is 20.1 Å². The van der Waals surface area contributed by atoms with Crippen LogP contribution in [-0.4, -0.2) is 20.9 Å². The molecule has 0 N–H and O–H groups in total. The van der Waals surface area contributed by atoms with Crippen molar-refractivity contribution in [2.24, 2.45) is 0 Å². The van der Waals surface area contributed by atoms with Crippen LogP contribution >= 0.6 is 7.14 Å². The van der Waals surface area contributed by atoms with E-state index in [1.54, 1.807) is 14.2 Å². The molecule has 0 heterocycles. The summed E-state index contributed by atoms with van der Waals surface area (Å²) in [5, 5.41) is 1.63. The van der Waals surface area contributed by atoms with E-state index in [-0.39, 0.29) is 0 Å². The minimum atomic E-state index is -2.77.